The van der Waals surface area contributed by atoms with Crippen LogP contribution in [0.1, 0.15) is 26.3 Å². The number of nitrogens with zero attached hydrogens (tertiary/aromatic N) is 3. The highest BCUT2D eigenvalue weighted by molar-refractivity contribution is 7.86. The van der Waals surface area contributed by atoms with E-state index in [0.29, 0.717) is 26.2 Å². The topological polar surface area (TPSA) is 73.0 Å². The van der Waals surface area contributed by atoms with Crippen molar-refractivity contribution < 1.29 is 26.4 Å². The van der Waals surface area contributed by atoms with Crippen molar-refractivity contribution in [2.75, 3.05) is 44.6 Å². The van der Waals surface area contributed by atoms with Gasteiger partial charge in [0, 0.05) is 45.0 Å². The molecule has 1 fully saturated rings. The van der Waals surface area contributed by atoms with Crippen LogP contribution in [0.5, 0.6) is 0 Å². The van der Waals surface area contributed by atoms with Crippen LogP contribution in [-0.2, 0) is 21.2 Å². The van der Waals surface area contributed by atoms with E-state index in [0.717, 1.165) is 12.1 Å². The number of amides is 1. The molecule has 1 N–H and O–H groups in total. The van der Waals surface area contributed by atoms with Crippen LogP contribution in [0.15, 0.2) is 18.2 Å². The summed E-state index contributed by atoms with van der Waals surface area (Å²) in [7, 11) is -3.54. The van der Waals surface area contributed by atoms with E-state index >= 15 is 0 Å². The van der Waals surface area contributed by atoms with E-state index in [1.165, 1.54) is 14.7 Å². The second-order valence-electron chi connectivity index (χ2n) is 6.88. The lowest BCUT2D eigenvalue weighted by molar-refractivity contribution is -0.137. The van der Waals surface area contributed by atoms with Crippen LogP contribution < -0.4 is 5.32 Å². The van der Waals surface area contributed by atoms with Gasteiger partial charge in [0.05, 0.1) is 16.6 Å². The van der Waals surface area contributed by atoms with Gasteiger partial charge in [-0.1, -0.05) is 25.4 Å². The van der Waals surface area contributed by atoms with Crippen LogP contribution >= 0.6 is 11.6 Å². The lowest BCUT2D eigenvalue weighted by Crippen LogP contribution is -2.56. The highest BCUT2D eigenvalue weighted by Crippen LogP contribution is 2.36. The molecule has 7 nitrogen and oxygen atoms in total. The standard InChI is InChI=1S/C18H26ClF3N4O3S/c1-4-25(5-2)30(28,29)26-10-8-24(9-11-26)13(3)17(27)23-14-6-7-16(19)15(12-14)18(20,21)22/h6-7,12-13H,4-5,8-11H2,1-3H3,(H,23,27). The summed E-state index contributed by atoms with van der Waals surface area (Å²) in [5.41, 5.74) is -1.03. The number of nitrogens with one attached hydrogen (secondary N) is 1. The summed E-state index contributed by atoms with van der Waals surface area (Å²) in [4.78, 5) is 14.3. The average Bonchev–Trinajstić information content (AvgIpc) is 2.68. The van der Waals surface area contributed by atoms with Crippen LogP contribution in [0.2, 0.25) is 5.02 Å². The number of carbonyl (C=O) groups excluding carboxylic acids is 1. The van der Waals surface area contributed by atoms with Gasteiger partial charge in [-0.2, -0.15) is 30.2 Å². The first-order valence-electron chi connectivity index (χ1n) is 9.58. The molecule has 1 heterocycles. The van der Waals surface area contributed by atoms with E-state index in [1.54, 1.807) is 25.7 Å². The van der Waals surface area contributed by atoms with E-state index in [-0.39, 0.29) is 18.8 Å². The van der Waals surface area contributed by atoms with Gasteiger partial charge in [-0.25, -0.2) is 0 Å². The number of carbonyl (C=O) groups is 1. The molecular weight excluding hydrogens is 445 g/mol. The minimum atomic E-state index is -4.63. The molecule has 0 aromatic heterocycles. The summed E-state index contributed by atoms with van der Waals surface area (Å²) in [5.74, 6) is -0.481. The Kier molecular flexibility index (Phi) is 8.14. The monoisotopic (exact) mass is 470 g/mol. The normalized spacial score (nSPS) is 17.9. The van der Waals surface area contributed by atoms with Crippen molar-refractivity contribution in [3.8, 4) is 0 Å². The summed E-state index contributed by atoms with van der Waals surface area (Å²) in [6.45, 7) is 7.05. The number of benzene rings is 1. The predicted molar refractivity (Wildman–Crippen MR) is 110 cm³/mol. The summed E-state index contributed by atoms with van der Waals surface area (Å²) < 4.78 is 66.9. The first kappa shape index (κ1) is 24.9. The van der Waals surface area contributed by atoms with Gasteiger partial charge >= 0.3 is 6.18 Å². The third kappa shape index (κ3) is 5.64. The largest absolute Gasteiger partial charge is 0.417 e. The van der Waals surface area contributed by atoms with Crippen molar-refractivity contribution >= 4 is 33.4 Å². The highest BCUT2D eigenvalue weighted by Gasteiger charge is 2.35. The van der Waals surface area contributed by atoms with Crippen LogP contribution in [0.25, 0.3) is 0 Å². The van der Waals surface area contributed by atoms with Crippen LogP contribution in [0.4, 0.5) is 18.9 Å². The van der Waals surface area contributed by atoms with Crippen molar-refractivity contribution in [1.29, 1.82) is 0 Å². The quantitative estimate of drug-likeness (QED) is 0.665. The Morgan fingerprint density at radius 2 is 1.77 bits per heavy atom. The van der Waals surface area contributed by atoms with Crippen LogP contribution in [-0.4, -0.2) is 73.1 Å². The predicted octanol–water partition coefficient (Wildman–Crippen LogP) is 2.89. The first-order valence-corrected chi connectivity index (χ1v) is 11.4. The SMILES string of the molecule is CCN(CC)S(=O)(=O)N1CCN(C(C)C(=O)Nc2ccc(Cl)c(C(F)(F)F)c2)CC1. The van der Waals surface area contributed by atoms with Gasteiger partial charge in [0.15, 0.2) is 0 Å². The van der Waals surface area contributed by atoms with Gasteiger partial charge in [-0.05, 0) is 25.1 Å². The zero-order chi connectivity index (χ0) is 22.7. The van der Waals surface area contributed by atoms with Crippen molar-refractivity contribution in [3.05, 3.63) is 28.8 Å². The molecule has 2 rings (SSSR count). The number of rotatable bonds is 7. The van der Waals surface area contributed by atoms with Crippen molar-refractivity contribution in [3.63, 3.8) is 0 Å². The fourth-order valence-corrected chi connectivity index (χ4v) is 5.10. The minimum absolute atomic E-state index is 0.00804. The Morgan fingerprint density at radius 1 is 1.20 bits per heavy atom. The maximum Gasteiger partial charge on any atom is 0.417 e. The molecule has 1 amide bonds. The Bertz CT molecular complexity index is 855. The number of piperazine rings is 1. The maximum absolute atomic E-state index is 13.0. The van der Waals surface area contributed by atoms with Crippen LogP contribution in [0, 0.1) is 0 Å². The summed E-state index contributed by atoms with van der Waals surface area (Å²) >= 11 is 5.60. The minimum Gasteiger partial charge on any atom is -0.325 e. The molecule has 1 aromatic rings. The lowest BCUT2D eigenvalue weighted by atomic mass is 10.1. The summed E-state index contributed by atoms with van der Waals surface area (Å²) in [5, 5.41) is 2.03. The molecule has 0 spiro atoms. The van der Waals surface area contributed by atoms with Crippen molar-refractivity contribution in [2.45, 2.75) is 33.0 Å². The molecule has 0 aliphatic carbocycles. The average molecular weight is 471 g/mol. The molecule has 1 aromatic carbocycles. The molecule has 1 atom stereocenters. The van der Waals surface area contributed by atoms with Crippen LogP contribution in [0.3, 0.4) is 0 Å². The van der Waals surface area contributed by atoms with E-state index in [4.69, 9.17) is 11.6 Å². The maximum atomic E-state index is 13.0. The molecule has 1 saturated heterocycles. The van der Waals surface area contributed by atoms with Gasteiger partial charge in [0.1, 0.15) is 0 Å². The molecule has 30 heavy (non-hydrogen) atoms. The number of hydrogen-bond acceptors (Lipinski definition) is 4. The second-order valence-corrected chi connectivity index (χ2v) is 9.22. The Morgan fingerprint density at radius 3 is 2.27 bits per heavy atom. The molecular formula is C18H26ClF3N4O3S. The summed E-state index contributed by atoms with van der Waals surface area (Å²) in [6, 6.07) is 2.54. The Balaban J connectivity index is 2.01. The molecule has 0 radical (unpaired) electrons. The van der Waals surface area contributed by atoms with E-state index in [2.05, 4.69) is 5.32 Å². The number of anilines is 1. The van der Waals surface area contributed by atoms with Gasteiger partial charge in [-0.15, -0.1) is 0 Å². The molecule has 0 saturated carbocycles. The van der Waals surface area contributed by atoms with Gasteiger partial charge in [0.25, 0.3) is 10.2 Å². The summed E-state index contributed by atoms with van der Waals surface area (Å²) in [6.07, 6.45) is -4.63. The molecule has 170 valence electrons. The Labute approximate surface area is 179 Å². The third-order valence-corrected chi connectivity index (χ3v) is 7.61. The second kappa shape index (κ2) is 9.82. The molecule has 1 unspecified atom stereocenters. The van der Waals surface area contributed by atoms with Gasteiger partial charge in [-0.3, -0.25) is 9.69 Å². The van der Waals surface area contributed by atoms with Crippen molar-refractivity contribution in [2.24, 2.45) is 0 Å². The number of halogens is 4. The fourth-order valence-electron chi connectivity index (χ4n) is 3.27. The van der Waals surface area contributed by atoms with E-state index in [1.807, 2.05) is 0 Å². The Hall–Kier alpha value is -1.40. The molecule has 1 aliphatic rings. The van der Waals surface area contributed by atoms with Gasteiger partial charge < -0.3 is 5.32 Å². The zero-order valence-corrected chi connectivity index (χ0v) is 18.6. The highest BCUT2D eigenvalue weighted by atomic mass is 35.5. The molecule has 0 bridgehead atoms. The number of hydrogen-bond donors (Lipinski definition) is 1. The number of alkyl halides is 3. The van der Waals surface area contributed by atoms with Gasteiger partial charge in [0.2, 0.25) is 5.91 Å². The fraction of sp³-hybridized carbons (Fsp3) is 0.611. The molecule has 12 heteroatoms. The van der Waals surface area contributed by atoms with Crippen molar-refractivity contribution in [1.82, 2.24) is 13.5 Å². The lowest BCUT2D eigenvalue weighted by Gasteiger charge is -2.38. The van der Waals surface area contributed by atoms with E-state index in [9.17, 15) is 26.4 Å². The third-order valence-electron chi connectivity index (χ3n) is 5.10. The first-order chi connectivity index (χ1) is 13.9. The zero-order valence-electron chi connectivity index (χ0n) is 17.0. The molecule has 1 aliphatic heterocycles. The smallest absolute Gasteiger partial charge is 0.325 e. The van der Waals surface area contributed by atoms with E-state index < -0.39 is 38.9 Å².